The van der Waals surface area contributed by atoms with Crippen LogP contribution in [0.4, 0.5) is 0 Å². The lowest BCUT2D eigenvalue weighted by Crippen LogP contribution is -2.19. The monoisotopic (exact) mass is 196 g/mol. The van der Waals surface area contributed by atoms with Crippen molar-refractivity contribution < 1.29 is 14.6 Å². The van der Waals surface area contributed by atoms with Crippen LogP contribution < -0.4 is 5.63 Å². The molecule has 0 aliphatic rings. The second kappa shape index (κ2) is 4.74. The molecule has 1 rings (SSSR count). The smallest absolute Gasteiger partial charge is 0.336 e. The van der Waals surface area contributed by atoms with Crippen molar-refractivity contribution >= 4 is 6.08 Å². The third-order valence-corrected chi connectivity index (χ3v) is 1.66. The van der Waals surface area contributed by atoms with Gasteiger partial charge in [0, 0.05) is 6.07 Å². The van der Waals surface area contributed by atoms with Crippen LogP contribution in [0.3, 0.4) is 0 Å². The van der Waals surface area contributed by atoms with Gasteiger partial charge in [0.1, 0.15) is 5.76 Å². The van der Waals surface area contributed by atoms with E-state index in [4.69, 9.17) is 9.52 Å². The average Bonchev–Trinajstić information content (AvgIpc) is 2.14. The van der Waals surface area contributed by atoms with Gasteiger partial charge in [-0.1, -0.05) is 6.07 Å². The van der Waals surface area contributed by atoms with E-state index in [1.807, 2.05) is 0 Å². The molecule has 0 radical (unpaired) electrons. The highest BCUT2D eigenvalue weighted by Gasteiger charge is 2.05. The minimum Gasteiger partial charge on any atom is -0.423 e. The third-order valence-electron chi connectivity index (χ3n) is 1.66. The molecule has 0 amide bonds. The molecule has 4 nitrogen and oxygen atoms in total. The number of rotatable bonds is 3. The van der Waals surface area contributed by atoms with Crippen molar-refractivity contribution in [2.75, 3.05) is 0 Å². The van der Waals surface area contributed by atoms with E-state index < -0.39 is 17.8 Å². The Morgan fingerprint density at radius 3 is 2.71 bits per heavy atom. The Kier molecular flexibility index (Phi) is 3.62. The normalized spacial score (nSPS) is 15.6. The quantitative estimate of drug-likeness (QED) is 0.733. The van der Waals surface area contributed by atoms with Crippen LogP contribution in [0.25, 0.3) is 6.08 Å². The summed E-state index contributed by atoms with van der Waals surface area (Å²) in [5, 5.41) is 18.2. The molecule has 76 valence electrons. The summed E-state index contributed by atoms with van der Waals surface area (Å²) >= 11 is 0. The summed E-state index contributed by atoms with van der Waals surface area (Å²) in [5.41, 5.74) is -0.446. The Bertz CT molecular complexity index is 364. The van der Waals surface area contributed by atoms with Crippen LogP contribution >= 0.6 is 0 Å². The highest BCUT2D eigenvalue weighted by molar-refractivity contribution is 5.42. The molecule has 0 aliphatic carbocycles. The summed E-state index contributed by atoms with van der Waals surface area (Å²) in [6, 6.07) is 4.44. The molecule has 4 heteroatoms. The van der Waals surface area contributed by atoms with Crippen molar-refractivity contribution in [1.29, 1.82) is 0 Å². The maximum atomic E-state index is 10.8. The van der Waals surface area contributed by atoms with E-state index >= 15 is 0 Å². The summed E-state index contributed by atoms with van der Waals surface area (Å²) in [6.07, 6.45) is 1.00. The first-order chi connectivity index (χ1) is 6.59. The van der Waals surface area contributed by atoms with Gasteiger partial charge in [-0.15, -0.1) is 0 Å². The van der Waals surface area contributed by atoms with Gasteiger partial charge in [0.15, 0.2) is 0 Å². The van der Waals surface area contributed by atoms with E-state index in [0.29, 0.717) is 5.76 Å². The van der Waals surface area contributed by atoms with Crippen LogP contribution in [-0.2, 0) is 0 Å². The molecule has 0 aliphatic heterocycles. The van der Waals surface area contributed by atoms with Crippen molar-refractivity contribution in [3.8, 4) is 0 Å². The fraction of sp³-hybridized carbons (Fsp3) is 0.300. The molecule has 2 N–H and O–H groups in total. The van der Waals surface area contributed by atoms with Gasteiger partial charge >= 0.3 is 5.63 Å². The molecule has 1 heterocycles. The van der Waals surface area contributed by atoms with Gasteiger partial charge in [0.2, 0.25) is 0 Å². The van der Waals surface area contributed by atoms with E-state index in [1.54, 1.807) is 12.1 Å². The van der Waals surface area contributed by atoms with E-state index in [1.165, 1.54) is 25.1 Å². The molecule has 1 aromatic rings. The highest BCUT2D eigenvalue weighted by atomic mass is 16.4. The molecule has 0 saturated carbocycles. The van der Waals surface area contributed by atoms with Crippen molar-refractivity contribution in [2.45, 2.75) is 19.1 Å². The lowest BCUT2D eigenvalue weighted by molar-refractivity contribution is 0.0623. The first kappa shape index (κ1) is 10.7. The molecule has 1 aromatic heterocycles. The minimum absolute atomic E-state index is 0.345. The molecule has 0 spiro atoms. The van der Waals surface area contributed by atoms with Gasteiger partial charge in [0.05, 0.1) is 12.2 Å². The topological polar surface area (TPSA) is 70.7 Å². The molecule has 2 atom stereocenters. The van der Waals surface area contributed by atoms with Gasteiger partial charge in [-0.05, 0) is 25.1 Å². The molecular formula is C10H12O4. The van der Waals surface area contributed by atoms with Crippen LogP contribution in [0.15, 0.2) is 33.5 Å². The van der Waals surface area contributed by atoms with Gasteiger partial charge < -0.3 is 14.6 Å². The zero-order chi connectivity index (χ0) is 10.6. The Hall–Kier alpha value is -1.39. The van der Waals surface area contributed by atoms with Gasteiger partial charge in [0.25, 0.3) is 0 Å². The summed E-state index contributed by atoms with van der Waals surface area (Å²) < 4.78 is 4.77. The zero-order valence-electron chi connectivity index (χ0n) is 7.75. The summed E-state index contributed by atoms with van der Waals surface area (Å²) in [5.74, 6) is 0.345. The zero-order valence-corrected chi connectivity index (χ0v) is 7.75. The predicted octanol–water partition coefficient (Wildman–Crippen LogP) is 0.395. The SMILES string of the molecule is C[C@@H](O)[C@@H](O)C=Cc1cccc(=O)o1. The first-order valence-electron chi connectivity index (χ1n) is 4.24. The average molecular weight is 196 g/mol. The Morgan fingerprint density at radius 1 is 1.43 bits per heavy atom. The highest BCUT2D eigenvalue weighted by Crippen LogP contribution is 2.01. The summed E-state index contributed by atoms with van der Waals surface area (Å²) in [4.78, 5) is 10.8. The summed E-state index contributed by atoms with van der Waals surface area (Å²) in [7, 11) is 0. The van der Waals surface area contributed by atoms with Gasteiger partial charge in [-0.3, -0.25) is 0 Å². The van der Waals surface area contributed by atoms with Crippen LogP contribution in [-0.4, -0.2) is 22.4 Å². The van der Waals surface area contributed by atoms with Crippen LogP contribution in [0.1, 0.15) is 12.7 Å². The van der Waals surface area contributed by atoms with Gasteiger partial charge in [-0.25, -0.2) is 4.79 Å². The number of aliphatic hydroxyl groups is 2. The number of hydrogen-bond donors (Lipinski definition) is 2. The second-order valence-electron chi connectivity index (χ2n) is 2.94. The fourth-order valence-corrected chi connectivity index (χ4v) is 0.850. The van der Waals surface area contributed by atoms with Crippen molar-refractivity contribution in [1.82, 2.24) is 0 Å². The maximum Gasteiger partial charge on any atom is 0.336 e. The van der Waals surface area contributed by atoms with Crippen molar-refractivity contribution in [2.24, 2.45) is 0 Å². The largest absolute Gasteiger partial charge is 0.423 e. The molecular weight excluding hydrogens is 184 g/mol. The molecule has 0 unspecified atom stereocenters. The minimum atomic E-state index is -0.958. The van der Waals surface area contributed by atoms with E-state index in [9.17, 15) is 9.90 Å². The molecule has 0 fully saturated rings. The second-order valence-corrected chi connectivity index (χ2v) is 2.94. The lowest BCUT2D eigenvalue weighted by atomic mass is 10.2. The number of hydrogen-bond acceptors (Lipinski definition) is 4. The van der Waals surface area contributed by atoms with Crippen LogP contribution in [0.2, 0.25) is 0 Å². The lowest BCUT2D eigenvalue weighted by Gasteiger charge is -2.06. The number of aliphatic hydroxyl groups excluding tert-OH is 2. The van der Waals surface area contributed by atoms with E-state index in [0.717, 1.165) is 0 Å². The van der Waals surface area contributed by atoms with Crippen molar-refractivity contribution in [3.63, 3.8) is 0 Å². The molecule has 0 bridgehead atoms. The predicted molar refractivity (Wildman–Crippen MR) is 51.7 cm³/mol. The van der Waals surface area contributed by atoms with Crippen molar-refractivity contribution in [3.05, 3.63) is 40.5 Å². The Balaban J connectivity index is 2.73. The van der Waals surface area contributed by atoms with E-state index in [-0.39, 0.29) is 0 Å². The Morgan fingerprint density at radius 2 is 2.14 bits per heavy atom. The molecule has 14 heavy (non-hydrogen) atoms. The van der Waals surface area contributed by atoms with Crippen LogP contribution in [0.5, 0.6) is 0 Å². The Labute approximate surface area is 81.1 Å². The third kappa shape index (κ3) is 3.16. The van der Waals surface area contributed by atoms with Gasteiger partial charge in [-0.2, -0.15) is 0 Å². The van der Waals surface area contributed by atoms with E-state index in [2.05, 4.69) is 0 Å². The first-order valence-corrected chi connectivity index (χ1v) is 4.24. The fourth-order valence-electron chi connectivity index (χ4n) is 0.850. The molecule has 0 aromatic carbocycles. The maximum absolute atomic E-state index is 10.8. The summed E-state index contributed by atoms with van der Waals surface area (Å²) in [6.45, 7) is 1.47. The standard InChI is InChI=1S/C10H12O4/c1-7(11)9(12)6-5-8-3-2-4-10(13)14-8/h2-7,9,11-12H,1H3/t7-,9+/m1/s1. The molecule has 0 saturated heterocycles. The van der Waals surface area contributed by atoms with Crippen LogP contribution in [0, 0.1) is 0 Å².